The van der Waals surface area contributed by atoms with E-state index in [4.69, 9.17) is 0 Å². The molecule has 0 atom stereocenters. The normalized spacial score (nSPS) is 9.67. The standard InChI is InChI=1S/C9H8N4O.C7H10.C3H9N.C3H8.C2H6/c1-13-7-5-2-3-10-8(5)11-4-6(7)12-9(13)14;1-4-6-7(3)5-2;1-3-4-2;1-3-2;1-2/h2-4H,1H3,(H,10,11)(H,12,14);4-6H,1-2H2,3H3;4H,3H2,1-2H3;3H2,1-2H3;1-2H3/b;7-6-;;;. The number of nitrogens with zero attached hydrogens (tertiary/aromatic N) is 2. The van der Waals surface area contributed by atoms with Crippen molar-refractivity contribution >= 4 is 22.1 Å². The molecule has 0 spiro atoms. The van der Waals surface area contributed by atoms with Gasteiger partial charge in [-0.2, -0.15) is 0 Å². The van der Waals surface area contributed by atoms with Gasteiger partial charge in [0.05, 0.1) is 17.2 Å². The molecular formula is C24H41N5O. The van der Waals surface area contributed by atoms with Gasteiger partial charge in [0.25, 0.3) is 0 Å². The molecule has 0 unspecified atom stereocenters. The van der Waals surface area contributed by atoms with E-state index in [1.807, 2.05) is 46.2 Å². The summed E-state index contributed by atoms with van der Waals surface area (Å²) in [7, 11) is 3.67. The highest BCUT2D eigenvalue weighted by Gasteiger charge is 2.08. The number of hydrogen-bond acceptors (Lipinski definition) is 3. The van der Waals surface area contributed by atoms with Crippen LogP contribution < -0.4 is 11.0 Å². The van der Waals surface area contributed by atoms with Crippen LogP contribution in [0.25, 0.3) is 22.1 Å². The number of aromatic amines is 2. The molecule has 0 aliphatic carbocycles. The Balaban J connectivity index is 0. The lowest BCUT2D eigenvalue weighted by Crippen LogP contribution is -2.11. The first-order valence-electron chi connectivity index (χ1n) is 10.5. The summed E-state index contributed by atoms with van der Waals surface area (Å²) in [5.74, 6) is 0. The summed E-state index contributed by atoms with van der Waals surface area (Å²) >= 11 is 0. The first-order valence-corrected chi connectivity index (χ1v) is 10.5. The van der Waals surface area contributed by atoms with Gasteiger partial charge in [-0.1, -0.05) is 78.0 Å². The molecule has 3 aromatic heterocycles. The lowest BCUT2D eigenvalue weighted by atomic mass is 10.3. The maximum atomic E-state index is 11.4. The third-order valence-electron chi connectivity index (χ3n) is 3.50. The van der Waals surface area contributed by atoms with E-state index in [1.165, 1.54) is 6.42 Å². The first-order chi connectivity index (χ1) is 14.4. The van der Waals surface area contributed by atoms with Gasteiger partial charge >= 0.3 is 5.69 Å². The van der Waals surface area contributed by atoms with Crippen LogP contribution in [0.15, 0.2) is 60.2 Å². The fourth-order valence-corrected chi connectivity index (χ4v) is 2.00. The van der Waals surface area contributed by atoms with E-state index in [-0.39, 0.29) is 5.69 Å². The Hall–Kier alpha value is -2.86. The summed E-state index contributed by atoms with van der Waals surface area (Å²) < 4.78 is 1.59. The largest absolute Gasteiger partial charge is 0.346 e. The van der Waals surface area contributed by atoms with Crippen molar-refractivity contribution in [3.05, 3.63) is 65.9 Å². The number of imidazole rings is 1. The molecule has 0 aliphatic rings. The van der Waals surface area contributed by atoms with Crippen LogP contribution in [-0.4, -0.2) is 33.1 Å². The van der Waals surface area contributed by atoms with Crippen LogP contribution in [0.4, 0.5) is 0 Å². The molecule has 0 amide bonds. The van der Waals surface area contributed by atoms with Crippen molar-refractivity contribution in [1.29, 1.82) is 0 Å². The van der Waals surface area contributed by atoms with Crippen LogP contribution in [0.5, 0.6) is 0 Å². The molecule has 0 radical (unpaired) electrons. The number of aromatic nitrogens is 4. The van der Waals surface area contributed by atoms with E-state index in [0.29, 0.717) is 0 Å². The number of fused-ring (bicyclic) bond motifs is 3. The summed E-state index contributed by atoms with van der Waals surface area (Å²) in [6.45, 7) is 20.5. The van der Waals surface area contributed by atoms with E-state index in [9.17, 15) is 4.79 Å². The van der Waals surface area contributed by atoms with Crippen LogP contribution in [0.1, 0.15) is 48.0 Å². The quantitative estimate of drug-likeness (QED) is 0.479. The summed E-state index contributed by atoms with van der Waals surface area (Å²) in [5, 5.41) is 3.89. The van der Waals surface area contributed by atoms with Crippen molar-refractivity contribution in [3.63, 3.8) is 0 Å². The Morgan fingerprint density at radius 1 is 1.27 bits per heavy atom. The van der Waals surface area contributed by atoms with Gasteiger partial charge in [0.15, 0.2) is 0 Å². The van der Waals surface area contributed by atoms with Crippen molar-refractivity contribution in [2.45, 2.75) is 48.0 Å². The lowest BCUT2D eigenvalue weighted by Gasteiger charge is -1.94. The van der Waals surface area contributed by atoms with Gasteiger partial charge in [-0.25, -0.2) is 9.78 Å². The summed E-state index contributed by atoms with van der Waals surface area (Å²) in [4.78, 5) is 21.3. The second kappa shape index (κ2) is 18.2. The molecule has 0 fully saturated rings. The summed E-state index contributed by atoms with van der Waals surface area (Å²) in [5.41, 5.74) is 3.49. The fraction of sp³-hybridized carbons (Fsp3) is 0.417. The molecule has 3 rings (SSSR count). The number of nitrogens with one attached hydrogen (secondary N) is 3. The maximum absolute atomic E-state index is 11.4. The van der Waals surface area contributed by atoms with Crippen LogP contribution in [0.3, 0.4) is 0 Å². The highest BCUT2D eigenvalue weighted by atomic mass is 16.1. The average molecular weight is 416 g/mol. The van der Waals surface area contributed by atoms with E-state index in [1.54, 1.807) is 30.0 Å². The van der Waals surface area contributed by atoms with Gasteiger partial charge in [0.2, 0.25) is 0 Å². The summed E-state index contributed by atoms with van der Waals surface area (Å²) in [6, 6.07) is 1.91. The van der Waals surface area contributed by atoms with Crippen LogP contribution in [0, 0.1) is 0 Å². The molecule has 6 heteroatoms. The second-order valence-corrected chi connectivity index (χ2v) is 6.01. The SMILES string of the molecule is C=C/C=C(/C)C=C.CC.CCC.CCNC.Cn1c(=O)[nH]c2cnc3[nH]ccc3c21. The molecule has 0 aromatic carbocycles. The van der Waals surface area contributed by atoms with Crippen molar-refractivity contribution in [2.24, 2.45) is 7.05 Å². The van der Waals surface area contributed by atoms with Crippen LogP contribution in [-0.2, 0) is 7.05 Å². The van der Waals surface area contributed by atoms with Crippen molar-refractivity contribution in [1.82, 2.24) is 24.8 Å². The predicted molar refractivity (Wildman–Crippen MR) is 134 cm³/mol. The van der Waals surface area contributed by atoms with Gasteiger partial charge in [-0.15, -0.1) is 0 Å². The Morgan fingerprint density at radius 2 is 1.83 bits per heavy atom. The van der Waals surface area contributed by atoms with Crippen LogP contribution in [0.2, 0.25) is 0 Å². The third-order valence-corrected chi connectivity index (χ3v) is 3.50. The fourth-order valence-electron chi connectivity index (χ4n) is 2.00. The Bertz CT molecular complexity index is 926. The lowest BCUT2D eigenvalue weighted by molar-refractivity contribution is 0.864. The predicted octanol–water partition coefficient (Wildman–Crippen LogP) is 5.72. The number of hydrogen-bond donors (Lipinski definition) is 3. The van der Waals surface area contributed by atoms with E-state index >= 15 is 0 Å². The number of rotatable bonds is 3. The Labute approximate surface area is 181 Å². The maximum Gasteiger partial charge on any atom is 0.326 e. The number of allylic oxidation sites excluding steroid dienone is 4. The van der Waals surface area contributed by atoms with Crippen molar-refractivity contribution in [2.75, 3.05) is 13.6 Å². The highest BCUT2D eigenvalue weighted by Crippen LogP contribution is 2.19. The van der Waals surface area contributed by atoms with Crippen molar-refractivity contribution < 1.29 is 0 Å². The zero-order valence-electron chi connectivity index (χ0n) is 20.1. The molecule has 168 valence electrons. The van der Waals surface area contributed by atoms with Gasteiger partial charge in [-0.3, -0.25) is 4.57 Å². The first kappa shape index (κ1) is 29.3. The third kappa shape index (κ3) is 10.1. The molecule has 3 heterocycles. The second-order valence-electron chi connectivity index (χ2n) is 6.01. The molecule has 3 aromatic rings. The van der Waals surface area contributed by atoms with E-state index in [0.717, 1.165) is 34.2 Å². The Kier molecular flexibility index (Phi) is 17.8. The molecule has 0 saturated heterocycles. The van der Waals surface area contributed by atoms with Crippen LogP contribution >= 0.6 is 0 Å². The zero-order chi connectivity index (χ0) is 23.5. The molecule has 30 heavy (non-hydrogen) atoms. The average Bonchev–Trinajstić information content (AvgIpc) is 3.35. The minimum absolute atomic E-state index is 0.115. The van der Waals surface area contributed by atoms with Crippen molar-refractivity contribution in [3.8, 4) is 0 Å². The zero-order valence-corrected chi connectivity index (χ0v) is 20.1. The minimum Gasteiger partial charge on any atom is -0.346 e. The van der Waals surface area contributed by atoms with Gasteiger partial charge in [-0.05, 0) is 26.6 Å². The number of pyridine rings is 1. The molecule has 0 aliphatic heterocycles. The van der Waals surface area contributed by atoms with E-state index in [2.05, 4.69) is 54.2 Å². The van der Waals surface area contributed by atoms with Gasteiger partial charge < -0.3 is 15.3 Å². The monoisotopic (exact) mass is 415 g/mol. The van der Waals surface area contributed by atoms with E-state index < -0.39 is 0 Å². The molecule has 0 bridgehead atoms. The van der Waals surface area contributed by atoms with Gasteiger partial charge in [0, 0.05) is 18.6 Å². The topological polar surface area (TPSA) is 78.5 Å². The molecule has 3 N–H and O–H groups in total. The minimum atomic E-state index is -0.115. The number of aryl methyl sites for hydroxylation is 1. The number of H-pyrrole nitrogens is 2. The highest BCUT2D eigenvalue weighted by molar-refractivity contribution is 6.00. The van der Waals surface area contributed by atoms with Gasteiger partial charge in [0.1, 0.15) is 5.65 Å². The molecule has 6 nitrogen and oxygen atoms in total. The molecule has 0 saturated carbocycles. The Morgan fingerprint density at radius 3 is 2.27 bits per heavy atom. The smallest absolute Gasteiger partial charge is 0.326 e. The summed E-state index contributed by atoms with van der Waals surface area (Å²) in [6.07, 6.45) is 10.2. The molecular weight excluding hydrogens is 374 g/mol.